The quantitative estimate of drug-likeness (QED) is 0.0948. The van der Waals surface area contributed by atoms with E-state index in [1.807, 2.05) is 20.8 Å². The zero-order valence-corrected chi connectivity index (χ0v) is 25.2. The van der Waals surface area contributed by atoms with Gasteiger partial charge in [-0.1, -0.05) is 103 Å². The van der Waals surface area contributed by atoms with Crippen molar-refractivity contribution in [2.24, 2.45) is 11.7 Å². The van der Waals surface area contributed by atoms with Crippen molar-refractivity contribution in [3.05, 3.63) is 0 Å². The number of unbranched alkanes of at least 4 members (excludes halogenated alkanes) is 12. The zero-order chi connectivity index (χ0) is 25.5. The first-order valence-electron chi connectivity index (χ1n) is 15.0. The highest BCUT2D eigenvalue weighted by atomic mass is 28.4. The molecule has 1 atom stereocenters. The topological polar surface area (TPSA) is 53.7 Å². The fourth-order valence-corrected chi connectivity index (χ4v) is 7.79. The number of nitrogens with two attached hydrogens (primary N) is 1. The van der Waals surface area contributed by atoms with Crippen molar-refractivity contribution in [1.82, 2.24) is 0 Å². The van der Waals surface area contributed by atoms with Crippen molar-refractivity contribution >= 4 is 8.80 Å². The van der Waals surface area contributed by atoms with Gasteiger partial charge in [0.1, 0.15) is 0 Å². The van der Waals surface area contributed by atoms with Crippen LogP contribution in [0.15, 0.2) is 0 Å². The Hall–Kier alpha value is 0.0569. The van der Waals surface area contributed by atoms with Crippen LogP contribution in [0.5, 0.6) is 0 Å². The van der Waals surface area contributed by atoms with Gasteiger partial charge in [0.25, 0.3) is 0 Å². The lowest BCUT2D eigenvalue weighted by atomic mass is 9.85. The summed E-state index contributed by atoms with van der Waals surface area (Å²) in [5.74, 6) is 0.685. The molecule has 1 unspecified atom stereocenters. The molecule has 0 aromatic heterocycles. The molecular formula is C29H63NO3Si. The van der Waals surface area contributed by atoms with E-state index in [4.69, 9.17) is 19.0 Å². The van der Waals surface area contributed by atoms with Crippen LogP contribution in [0.25, 0.3) is 0 Å². The zero-order valence-electron chi connectivity index (χ0n) is 24.2. The van der Waals surface area contributed by atoms with Crippen LogP contribution < -0.4 is 5.73 Å². The number of hydrogen-bond acceptors (Lipinski definition) is 4. The predicted molar refractivity (Wildman–Crippen MR) is 151 cm³/mol. The van der Waals surface area contributed by atoms with Gasteiger partial charge in [0.15, 0.2) is 0 Å². The molecule has 0 bridgehead atoms. The molecule has 0 aliphatic carbocycles. The molecule has 0 aliphatic heterocycles. The summed E-state index contributed by atoms with van der Waals surface area (Å²) in [4.78, 5) is 0. The summed E-state index contributed by atoms with van der Waals surface area (Å²) in [6.07, 6.45) is 23.0. The first-order valence-corrected chi connectivity index (χ1v) is 17.0. The molecule has 206 valence electrons. The van der Waals surface area contributed by atoms with E-state index in [9.17, 15) is 0 Å². The maximum Gasteiger partial charge on any atom is 0.500 e. The maximum absolute atomic E-state index is 6.42. The van der Waals surface area contributed by atoms with Gasteiger partial charge < -0.3 is 19.0 Å². The average molecular weight is 502 g/mol. The third kappa shape index (κ3) is 20.3. The van der Waals surface area contributed by atoms with E-state index in [2.05, 4.69) is 20.8 Å². The second-order valence-electron chi connectivity index (χ2n) is 11.0. The lowest BCUT2D eigenvalue weighted by molar-refractivity contribution is 0.0702. The van der Waals surface area contributed by atoms with Crippen molar-refractivity contribution in [3.63, 3.8) is 0 Å². The first-order chi connectivity index (χ1) is 16.3. The minimum Gasteiger partial charge on any atom is -0.374 e. The SMILES string of the molecule is CCCCCCCCCCCCCCCC(CCC[Si](OCC)(OCC)OCC)CC(C)(C)N. The fraction of sp³-hybridized carbons (Fsp3) is 1.00. The second-order valence-corrected chi connectivity index (χ2v) is 13.7. The normalized spacial score (nSPS) is 13.5. The Kier molecular flexibility index (Phi) is 22.3. The molecule has 0 aromatic carbocycles. The molecule has 0 amide bonds. The van der Waals surface area contributed by atoms with Crippen molar-refractivity contribution < 1.29 is 13.3 Å². The Morgan fingerprint density at radius 2 is 0.971 bits per heavy atom. The van der Waals surface area contributed by atoms with Gasteiger partial charge in [0.05, 0.1) is 0 Å². The van der Waals surface area contributed by atoms with Gasteiger partial charge in [0, 0.05) is 31.4 Å². The van der Waals surface area contributed by atoms with Crippen LogP contribution in [0.3, 0.4) is 0 Å². The van der Waals surface area contributed by atoms with E-state index in [-0.39, 0.29) is 5.54 Å². The van der Waals surface area contributed by atoms with Crippen molar-refractivity contribution in [3.8, 4) is 0 Å². The highest BCUT2D eigenvalue weighted by molar-refractivity contribution is 6.60. The molecule has 0 heterocycles. The highest BCUT2D eigenvalue weighted by Crippen LogP contribution is 2.28. The van der Waals surface area contributed by atoms with Crippen molar-refractivity contribution in [2.45, 2.75) is 162 Å². The number of rotatable bonds is 26. The van der Waals surface area contributed by atoms with Crippen LogP contribution in [-0.2, 0) is 13.3 Å². The molecular weight excluding hydrogens is 438 g/mol. The summed E-state index contributed by atoms with van der Waals surface area (Å²) in [5, 5.41) is 0. The molecule has 0 rings (SSSR count). The van der Waals surface area contributed by atoms with Gasteiger partial charge in [-0.15, -0.1) is 0 Å². The molecule has 0 saturated heterocycles. The van der Waals surface area contributed by atoms with Gasteiger partial charge in [-0.25, -0.2) is 0 Å². The summed E-state index contributed by atoms with van der Waals surface area (Å²) < 4.78 is 18.1. The third-order valence-corrected chi connectivity index (χ3v) is 9.87. The minimum atomic E-state index is -2.52. The van der Waals surface area contributed by atoms with Gasteiger partial charge in [-0.3, -0.25) is 0 Å². The molecule has 2 N–H and O–H groups in total. The van der Waals surface area contributed by atoms with Gasteiger partial charge in [-0.05, 0) is 53.4 Å². The monoisotopic (exact) mass is 501 g/mol. The van der Waals surface area contributed by atoms with E-state index >= 15 is 0 Å². The van der Waals surface area contributed by atoms with Gasteiger partial charge in [-0.2, -0.15) is 0 Å². The van der Waals surface area contributed by atoms with Crippen LogP contribution in [0.2, 0.25) is 6.04 Å². The lowest BCUT2D eigenvalue weighted by Crippen LogP contribution is -2.46. The Balaban J connectivity index is 4.16. The molecule has 4 nitrogen and oxygen atoms in total. The second kappa shape index (κ2) is 22.3. The maximum atomic E-state index is 6.42. The Bertz CT molecular complexity index is 411. The Morgan fingerprint density at radius 3 is 1.35 bits per heavy atom. The van der Waals surface area contributed by atoms with Crippen LogP contribution in [0.4, 0.5) is 0 Å². The molecule has 0 aliphatic rings. The molecule has 5 heteroatoms. The predicted octanol–water partition coefficient (Wildman–Crippen LogP) is 9.04. The Labute approximate surface area is 215 Å². The van der Waals surface area contributed by atoms with Gasteiger partial charge in [0.2, 0.25) is 0 Å². The number of hydrogen-bond donors (Lipinski definition) is 1. The summed E-state index contributed by atoms with van der Waals surface area (Å²) >= 11 is 0. The van der Waals surface area contributed by atoms with E-state index in [0.717, 1.165) is 18.9 Å². The van der Waals surface area contributed by atoms with Crippen LogP contribution in [0.1, 0.15) is 151 Å². The molecule has 0 radical (unpaired) electrons. The largest absolute Gasteiger partial charge is 0.500 e. The molecule has 0 fully saturated rings. The van der Waals surface area contributed by atoms with Crippen molar-refractivity contribution in [1.29, 1.82) is 0 Å². The molecule has 0 saturated carbocycles. The van der Waals surface area contributed by atoms with E-state index < -0.39 is 8.80 Å². The molecule has 34 heavy (non-hydrogen) atoms. The highest BCUT2D eigenvalue weighted by Gasteiger charge is 2.39. The lowest BCUT2D eigenvalue weighted by Gasteiger charge is -2.30. The van der Waals surface area contributed by atoms with Crippen LogP contribution in [0, 0.1) is 5.92 Å². The van der Waals surface area contributed by atoms with E-state index in [0.29, 0.717) is 25.7 Å². The third-order valence-electron chi connectivity index (χ3n) is 6.72. The van der Waals surface area contributed by atoms with Crippen LogP contribution >= 0.6 is 0 Å². The van der Waals surface area contributed by atoms with Crippen LogP contribution in [-0.4, -0.2) is 34.2 Å². The summed E-state index contributed by atoms with van der Waals surface area (Å²) in [7, 11) is -2.52. The van der Waals surface area contributed by atoms with Gasteiger partial charge >= 0.3 is 8.80 Å². The van der Waals surface area contributed by atoms with Crippen molar-refractivity contribution in [2.75, 3.05) is 19.8 Å². The first kappa shape index (κ1) is 34.1. The minimum absolute atomic E-state index is 0.102. The Morgan fingerprint density at radius 1 is 0.588 bits per heavy atom. The van der Waals surface area contributed by atoms with E-state index in [1.165, 1.54) is 96.3 Å². The standard InChI is InChI=1S/C29H63NO3Si/c1-7-11-12-13-14-15-16-17-18-19-20-21-22-24-28(27-29(5,6)30)25-23-26-34(31-8-2,32-9-3)33-10-4/h28H,7-27,30H2,1-6H3. The summed E-state index contributed by atoms with van der Waals surface area (Å²) in [6, 6.07) is 0.919. The average Bonchev–Trinajstić information content (AvgIpc) is 2.76. The molecule has 0 aromatic rings. The molecule has 0 spiro atoms. The van der Waals surface area contributed by atoms with E-state index in [1.54, 1.807) is 0 Å². The summed E-state index contributed by atoms with van der Waals surface area (Å²) in [6.45, 7) is 14.7. The smallest absolute Gasteiger partial charge is 0.374 e. The fourth-order valence-electron chi connectivity index (χ4n) is 5.15. The summed E-state index contributed by atoms with van der Waals surface area (Å²) in [5.41, 5.74) is 6.31.